The summed E-state index contributed by atoms with van der Waals surface area (Å²) < 4.78 is 0. The van der Waals surface area contributed by atoms with Gasteiger partial charge in [0, 0.05) is 29.4 Å². The van der Waals surface area contributed by atoms with Gasteiger partial charge in [-0.3, -0.25) is 4.79 Å². The summed E-state index contributed by atoms with van der Waals surface area (Å²) in [5.74, 6) is 0.143. The number of carbonyl (C=O) groups is 1. The SMILES string of the molecule is Cc1nc(C2(c3ccccc3)CCN(C(=O)c3ccccc3C)CC2)cs1. The summed E-state index contributed by atoms with van der Waals surface area (Å²) in [5, 5.41) is 3.29. The molecule has 0 spiro atoms. The zero-order chi connectivity index (χ0) is 18.9. The molecule has 4 heteroatoms. The van der Waals surface area contributed by atoms with E-state index >= 15 is 0 Å². The first kappa shape index (κ1) is 17.9. The lowest BCUT2D eigenvalue weighted by Gasteiger charge is -2.41. The molecule has 3 aromatic rings. The van der Waals surface area contributed by atoms with Crippen LogP contribution in [0.15, 0.2) is 60.0 Å². The number of hydrogen-bond donors (Lipinski definition) is 0. The van der Waals surface area contributed by atoms with Gasteiger partial charge in [-0.25, -0.2) is 4.98 Å². The van der Waals surface area contributed by atoms with E-state index < -0.39 is 0 Å². The van der Waals surface area contributed by atoms with Gasteiger partial charge >= 0.3 is 0 Å². The Kier molecular flexibility index (Phi) is 4.83. The normalized spacial score (nSPS) is 16.3. The molecule has 138 valence electrons. The van der Waals surface area contributed by atoms with Gasteiger partial charge in [0.25, 0.3) is 5.91 Å². The topological polar surface area (TPSA) is 33.2 Å². The minimum absolute atomic E-state index is 0.103. The summed E-state index contributed by atoms with van der Waals surface area (Å²) >= 11 is 1.71. The van der Waals surface area contributed by atoms with E-state index in [4.69, 9.17) is 4.98 Å². The van der Waals surface area contributed by atoms with E-state index in [9.17, 15) is 4.79 Å². The average molecular weight is 377 g/mol. The second-order valence-corrected chi connectivity index (χ2v) is 8.37. The quantitative estimate of drug-likeness (QED) is 0.646. The predicted octanol–water partition coefficient (Wildman–Crippen LogP) is 4.98. The van der Waals surface area contributed by atoms with Crippen LogP contribution < -0.4 is 0 Å². The fourth-order valence-corrected chi connectivity index (χ4v) is 4.82. The van der Waals surface area contributed by atoms with Crippen molar-refractivity contribution in [1.29, 1.82) is 0 Å². The summed E-state index contributed by atoms with van der Waals surface area (Å²) in [5.41, 5.74) is 4.21. The van der Waals surface area contributed by atoms with Crippen LogP contribution in [-0.2, 0) is 5.41 Å². The number of carbonyl (C=O) groups excluding carboxylic acids is 1. The third-order valence-electron chi connectivity index (χ3n) is 5.72. The van der Waals surface area contributed by atoms with Gasteiger partial charge in [-0.1, -0.05) is 48.5 Å². The zero-order valence-electron chi connectivity index (χ0n) is 15.8. The van der Waals surface area contributed by atoms with E-state index in [1.165, 1.54) is 5.56 Å². The summed E-state index contributed by atoms with van der Waals surface area (Å²) in [6.45, 7) is 5.56. The molecule has 3 nitrogen and oxygen atoms in total. The third-order valence-corrected chi connectivity index (χ3v) is 6.49. The Balaban J connectivity index is 1.62. The monoisotopic (exact) mass is 376 g/mol. The van der Waals surface area contributed by atoms with Crippen LogP contribution in [0.3, 0.4) is 0 Å². The highest BCUT2D eigenvalue weighted by molar-refractivity contribution is 7.09. The Hall–Kier alpha value is -2.46. The van der Waals surface area contributed by atoms with Crippen molar-refractivity contribution >= 4 is 17.2 Å². The first-order chi connectivity index (χ1) is 13.1. The number of benzene rings is 2. The van der Waals surface area contributed by atoms with Crippen LogP contribution in [-0.4, -0.2) is 28.9 Å². The second-order valence-electron chi connectivity index (χ2n) is 7.31. The zero-order valence-corrected chi connectivity index (χ0v) is 16.6. The number of likely N-dealkylation sites (tertiary alicyclic amines) is 1. The number of hydrogen-bond acceptors (Lipinski definition) is 3. The van der Waals surface area contributed by atoms with Crippen molar-refractivity contribution in [3.8, 4) is 0 Å². The molecule has 27 heavy (non-hydrogen) atoms. The number of aromatic nitrogens is 1. The molecular weight excluding hydrogens is 352 g/mol. The first-order valence-corrected chi connectivity index (χ1v) is 10.3. The molecule has 1 fully saturated rings. The van der Waals surface area contributed by atoms with Crippen LogP contribution in [0.4, 0.5) is 0 Å². The fraction of sp³-hybridized carbons (Fsp3) is 0.304. The van der Waals surface area contributed by atoms with Gasteiger partial charge in [0.1, 0.15) is 0 Å². The number of nitrogens with zero attached hydrogens (tertiary/aromatic N) is 2. The minimum Gasteiger partial charge on any atom is -0.339 e. The molecule has 0 unspecified atom stereocenters. The van der Waals surface area contributed by atoms with Gasteiger partial charge in [0.15, 0.2) is 0 Å². The van der Waals surface area contributed by atoms with Crippen molar-refractivity contribution in [3.05, 3.63) is 87.4 Å². The molecule has 1 amide bonds. The Morgan fingerprint density at radius 1 is 1.00 bits per heavy atom. The number of rotatable bonds is 3. The first-order valence-electron chi connectivity index (χ1n) is 9.43. The molecule has 1 aliphatic rings. The maximum absolute atomic E-state index is 13.0. The van der Waals surface area contributed by atoms with E-state index in [1.807, 2.05) is 36.1 Å². The lowest BCUT2D eigenvalue weighted by Crippen LogP contribution is -2.46. The average Bonchev–Trinajstić information content (AvgIpc) is 3.15. The van der Waals surface area contributed by atoms with Crippen LogP contribution >= 0.6 is 11.3 Å². The Labute approximate surface area is 164 Å². The van der Waals surface area contributed by atoms with Gasteiger partial charge in [-0.15, -0.1) is 11.3 Å². The number of piperidine rings is 1. The number of amides is 1. The van der Waals surface area contributed by atoms with E-state index in [0.29, 0.717) is 0 Å². The molecule has 4 rings (SSSR count). The molecule has 0 aliphatic carbocycles. The summed E-state index contributed by atoms with van der Waals surface area (Å²) in [6, 6.07) is 18.5. The van der Waals surface area contributed by atoms with Crippen LogP contribution in [0.25, 0.3) is 0 Å². The van der Waals surface area contributed by atoms with Gasteiger partial charge < -0.3 is 4.90 Å². The van der Waals surface area contributed by atoms with Crippen LogP contribution in [0.2, 0.25) is 0 Å². The minimum atomic E-state index is -0.103. The van der Waals surface area contributed by atoms with E-state index in [0.717, 1.165) is 47.8 Å². The van der Waals surface area contributed by atoms with E-state index in [2.05, 4.69) is 42.6 Å². The maximum Gasteiger partial charge on any atom is 0.254 e. The largest absolute Gasteiger partial charge is 0.339 e. The molecule has 1 aliphatic heterocycles. The maximum atomic E-state index is 13.0. The molecule has 2 heterocycles. The van der Waals surface area contributed by atoms with Gasteiger partial charge in [-0.05, 0) is 43.9 Å². The van der Waals surface area contributed by atoms with Crippen molar-refractivity contribution in [2.45, 2.75) is 32.1 Å². The predicted molar refractivity (Wildman–Crippen MR) is 110 cm³/mol. The van der Waals surface area contributed by atoms with Crippen LogP contribution in [0.1, 0.15) is 45.0 Å². The summed E-state index contributed by atoms with van der Waals surface area (Å²) in [7, 11) is 0. The van der Waals surface area contributed by atoms with Gasteiger partial charge in [-0.2, -0.15) is 0 Å². The fourth-order valence-electron chi connectivity index (χ4n) is 4.11. The molecule has 0 bridgehead atoms. The number of aryl methyl sites for hydroxylation is 2. The lowest BCUT2D eigenvalue weighted by atomic mass is 9.70. The molecule has 0 saturated carbocycles. The second kappa shape index (κ2) is 7.28. The molecule has 0 atom stereocenters. The molecule has 1 saturated heterocycles. The molecular formula is C23H24N2OS. The Morgan fingerprint density at radius 3 is 2.30 bits per heavy atom. The highest BCUT2D eigenvalue weighted by atomic mass is 32.1. The van der Waals surface area contributed by atoms with Crippen molar-refractivity contribution < 1.29 is 4.79 Å². The smallest absolute Gasteiger partial charge is 0.254 e. The summed E-state index contributed by atoms with van der Waals surface area (Å²) in [6.07, 6.45) is 1.80. The molecule has 0 radical (unpaired) electrons. The van der Waals surface area contributed by atoms with Gasteiger partial charge in [0.05, 0.1) is 10.7 Å². The summed E-state index contributed by atoms with van der Waals surface area (Å²) in [4.78, 5) is 19.9. The van der Waals surface area contributed by atoms with Crippen molar-refractivity contribution in [1.82, 2.24) is 9.88 Å². The Bertz CT molecular complexity index is 940. The van der Waals surface area contributed by atoms with Crippen molar-refractivity contribution in [2.24, 2.45) is 0 Å². The van der Waals surface area contributed by atoms with Crippen molar-refractivity contribution in [2.75, 3.05) is 13.1 Å². The van der Waals surface area contributed by atoms with Crippen LogP contribution in [0.5, 0.6) is 0 Å². The lowest BCUT2D eigenvalue weighted by molar-refractivity contribution is 0.0683. The van der Waals surface area contributed by atoms with E-state index in [1.54, 1.807) is 11.3 Å². The number of thiazole rings is 1. The highest BCUT2D eigenvalue weighted by Crippen LogP contribution is 2.42. The highest BCUT2D eigenvalue weighted by Gasteiger charge is 2.40. The molecule has 1 aromatic heterocycles. The third kappa shape index (κ3) is 3.30. The standard InChI is InChI=1S/C23H24N2OS/c1-17-8-6-7-11-20(17)22(26)25-14-12-23(13-15-25,19-9-4-3-5-10-19)21-16-27-18(2)24-21/h3-11,16H,12-15H2,1-2H3. The van der Waals surface area contributed by atoms with Gasteiger partial charge in [0.2, 0.25) is 0 Å². The van der Waals surface area contributed by atoms with Crippen molar-refractivity contribution in [3.63, 3.8) is 0 Å². The molecule has 2 aromatic carbocycles. The van der Waals surface area contributed by atoms with E-state index in [-0.39, 0.29) is 11.3 Å². The van der Waals surface area contributed by atoms with Crippen LogP contribution in [0, 0.1) is 13.8 Å². The molecule has 0 N–H and O–H groups in total. The Morgan fingerprint density at radius 2 is 1.67 bits per heavy atom.